The SMILES string of the molecule is CCCCCCCCCc1ccc(-c2ccc(OC(=O)CCCCCCCC)cc2)nc1. The van der Waals surface area contributed by atoms with Crippen LogP contribution in [0.2, 0.25) is 0 Å². The molecule has 0 saturated carbocycles. The highest BCUT2D eigenvalue weighted by Crippen LogP contribution is 2.22. The summed E-state index contributed by atoms with van der Waals surface area (Å²) in [6.45, 7) is 4.48. The Kier molecular flexibility index (Phi) is 13.4. The molecule has 0 bridgehead atoms. The van der Waals surface area contributed by atoms with Gasteiger partial charge in [0.1, 0.15) is 5.75 Å². The molecule has 1 aromatic carbocycles. The van der Waals surface area contributed by atoms with Gasteiger partial charge in [-0.05, 0) is 55.2 Å². The molecule has 0 fully saturated rings. The van der Waals surface area contributed by atoms with E-state index in [0.717, 1.165) is 30.5 Å². The number of aromatic nitrogens is 1. The minimum absolute atomic E-state index is 0.138. The highest BCUT2D eigenvalue weighted by molar-refractivity contribution is 5.72. The standard InChI is InChI=1S/C29H43NO2/c1-3-5-7-9-11-12-14-16-25-18-23-28(30-24-25)26-19-21-27(22-20-26)32-29(31)17-15-13-10-8-6-4-2/h18-24H,3-17H2,1-2H3. The van der Waals surface area contributed by atoms with E-state index in [9.17, 15) is 4.79 Å². The first-order chi connectivity index (χ1) is 15.7. The maximum atomic E-state index is 12.0. The Morgan fingerprint density at radius 1 is 0.719 bits per heavy atom. The van der Waals surface area contributed by atoms with Crippen molar-refractivity contribution in [3.8, 4) is 17.0 Å². The fourth-order valence-electron chi connectivity index (χ4n) is 3.96. The summed E-state index contributed by atoms with van der Waals surface area (Å²) < 4.78 is 5.48. The topological polar surface area (TPSA) is 39.2 Å². The number of carbonyl (C=O) groups is 1. The molecule has 3 heteroatoms. The van der Waals surface area contributed by atoms with Crippen molar-refractivity contribution in [3.63, 3.8) is 0 Å². The van der Waals surface area contributed by atoms with Crippen molar-refractivity contribution < 1.29 is 9.53 Å². The lowest BCUT2D eigenvalue weighted by Gasteiger charge is -2.07. The second kappa shape index (κ2) is 16.5. The zero-order valence-corrected chi connectivity index (χ0v) is 20.4. The molecule has 0 aliphatic heterocycles. The molecule has 0 N–H and O–H groups in total. The Bertz CT molecular complexity index is 737. The smallest absolute Gasteiger partial charge is 0.311 e. The van der Waals surface area contributed by atoms with Gasteiger partial charge in [-0.3, -0.25) is 9.78 Å². The summed E-state index contributed by atoms with van der Waals surface area (Å²) in [6, 6.07) is 12.0. The number of carbonyl (C=O) groups excluding carboxylic acids is 1. The molecule has 1 heterocycles. The maximum Gasteiger partial charge on any atom is 0.311 e. The summed E-state index contributed by atoms with van der Waals surface area (Å²) in [6.07, 6.45) is 20.0. The summed E-state index contributed by atoms with van der Waals surface area (Å²) in [5.41, 5.74) is 3.31. The second-order valence-electron chi connectivity index (χ2n) is 8.94. The molecule has 0 aliphatic carbocycles. The first-order valence-electron chi connectivity index (χ1n) is 13.0. The lowest BCUT2D eigenvalue weighted by atomic mass is 10.0. The molecule has 0 unspecified atom stereocenters. The number of esters is 1. The van der Waals surface area contributed by atoms with Crippen molar-refractivity contribution in [2.24, 2.45) is 0 Å². The van der Waals surface area contributed by atoms with Crippen molar-refractivity contribution in [1.29, 1.82) is 0 Å². The van der Waals surface area contributed by atoms with Gasteiger partial charge in [0.2, 0.25) is 0 Å². The molecule has 0 spiro atoms. The van der Waals surface area contributed by atoms with E-state index in [-0.39, 0.29) is 5.97 Å². The van der Waals surface area contributed by atoms with Gasteiger partial charge in [0.05, 0.1) is 5.69 Å². The van der Waals surface area contributed by atoms with Gasteiger partial charge in [-0.15, -0.1) is 0 Å². The molecule has 2 rings (SSSR count). The van der Waals surface area contributed by atoms with Gasteiger partial charge in [-0.25, -0.2) is 0 Å². The number of hydrogen-bond acceptors (Lipinski definition) is 3. The largest absolute Gasteiger partial charge is 0.427 e. The Morgan fingerprint density at radius 3 is 1.91 bits per heavy atom. The lowest BCUT2D eigenvalue weighted by Crippen LogP contribution is -2.07. The second-order valence-corrected chi connectivity index (χ2v) is 8.94. The Labute approximate surface area is 196 Å². The number of pyridine rings is 1. The van der Waals surface area contributed by atoms with Crippen LogP contribution in [0.15, 0.2) is 42.6 Å². The van der Waals surface area contributed by atoms with E-state index in [1.54, 1.807) is 0 Å². The van der Waals surface area contributed by atoms with Crippen molar-refractivity contribution >= 4 is 5.97 Å². The van der Waals surface area contributed by atoms with E-state index >= 15 is 0 Å². The van der Waals surface area contributed by atoms with Crippen LogP contribution in [0, 0.1) is 0 Å². The van der Waals surface area contributed by atoms with Crippen LogP contribution in [-0.2, 0) is 11.2 Å². The van der Waals surface area contributed by atoms with Crippen molar-refractivity contribution in [3.05, 3.63) is 48.2 Å². The molecular formula is C29H43NO2. The third-order valence-electron chi connectivity index (χ3n) is 6.01. The molecule has 0 radical (unpaired) electrons. The molecule has 0 atom stereocenters. The van der Waals surface area contributed by atoms with Crippen molar-refractivity contribution in [2.45, 2.75) is 110 Å². The van der Waals surface area contributed by atoms with Crippen LogP contribution in [0.1, 0.15) is 109 Å². The predicted octanol–water partition coefficient (Wildman–Crippen LogP) is 8.70. The third kappa shape index (κ3) is 10.9. The Balaban J connectivity index is 1.69. The van der Waals surface area contributed by atoms with Crippen LogP contribution < -0.4 is 4.74 Å². The zero-order valence-electron chi connectivity index (χ0n) is 20.4. The van der Waals surface area contributed by atoms with E-state index in [4.69, 9.17) is 4.74 Å². The fourth-order valence-corrected chi connectivity index (χ4v) is 3.96. The van der Waals surface area contributed by atoms with Gasteiger partial charge < -0.3 is 4.74 Å². The number of benzene rings is 1. The quantitative estimate of drug-likeness (QED) is 0.141. The Morgan fingerprint density at radius 2 is 1.31 bits per heavy atom. The maximum absolute atomic E-state index is 12.0. The van der Waals surface area contributed by atoms with E-state index < -0.39 is 0 Å². The zero-order chi connectivity index (χ0) is 22.9. The van der Waals surface area contributed by atoms with Crippen LogP contribution in [0.3, 0.4) is 0 Å². The summed E-state index contributed by atoms with van der Waals surface area (Å²) in [7, 11) is 0. The number of unbranched alkanes of at least 4 members (excludes halogenated alkanes) is 11. The predicted molar refractivity (Wildman–Crippen MR) is 135 cm³/mol. The van der Waals surface area contributed by atoms with Crippen molar-refractivity contribution in [2.75, 3.05) is 0 Å². The van der Waals surface area contributed by atoms with E-state index in [0.29, 0.717) is 12.2 Å². The number of hydrogen-bond donors (Lipinski definition) is 0. The highest BCUT2D eigenvalue weighted by atomic mass is 16.5. The molecule has 2 aromatic rings. The summed E-state index contributed by atoms with van der Waals surface area (Å²) >= 11 is 0. The van der Waals surface area contributed by atoms with E-state index in [1.807, 2.05) is 30.5 Å². The van der Waals surface area contributed by atoms with Crippen LogP contribution in [0.4, 0.5) is 0 Å². The monoisotopic (exact) mass is 437 g/mol. The van der Waals surface area contributed by atoms with Gasteiger partial charge in [0.15, 0.2) is 0 Å². The molecule has 0 amide bonds. The van der Waals surface area contributed by atoms with Gasteiger partial charge in [-0.1, -0.05) is 90.5 Å². The summed E-state index contributed by atoms with van der Waals surface area (Å²) in [4.78, 5) is 16.7. The molecule has 0 aliphatic rings. The molecule has 0 saturated heterocycles. The molecule has 32 heavy (non-hydrogen) atoms. The van der Waals surface area contributed by atoms with Gasteiger partial charge in [0.25, 0.3) is 0 Å². The first-order valence-corrected chi connectivity index (χ1v) is 13.0. The van der Waals surface area contributed by atoms with Gasteiger partial charge in [0, 0.05) is 18.2 Å². The van der Waals surface area contributed by atoms with Crippen LogP contribution >= 0.6 is 0 Å². The molecule has 176 valence electrons. The Hall–Kier alpha value is -2.16. The van der Waals surface area contributed by atoms with Gasteiger partial charge >= 0.3 is 5.97 Å². The molecule has 1 aromatic heterocycles. The average Bonchev–Trinajstić information content (AvgIpc) is 2.82. The summed E-state index contributed by atoms with van der Waals surface area (Å²) in [5, 5.41) is 0. The van der Waals surface area contributed by atoms with E-state index in [1.165, 1.54) is 76.2 Å². The van der Waals surface area contributed by atoms with Crippen LogP contribution in [0.5, 0.6) is 5.75 Å². The minimum Gasteiger partial charge on any atom is -0.427 e. The van der Waals surface area contributed by atoms with Gasteiger partial charge in [-0.2, -0.15) is 0 Å². The van der Waals surface area contributed by atoms with Crippen LogP contribution in [-0.4, -0.2) is 11.0 Å². The number of aryl methyl sites for hydroxylation is 1. The third-order valence-corrected chi connectivity index (χ3v) is 6.01. The number of ether oxygens (including phenoxy) is 1. The lowest BCUT2D eigenvalue weighted by molar-refractivity contribution is -0.134. The number of rotatable bonds is 17. The fraction of sp³-hybridized carbons (Fsp3) is 0.586. The number of nitrogens with zero attached hydrogens (tertiary/aromatic N) is 1. The minimum atomic E-state index is -0.138. The molecular weight excluding hydrogens is 394 g/mol. The summed E-state index contributed by atoms with van der Waals surface area (Å²) in [5.74, 6) is 0.473. The normalized spacial score (nSPS) is 10.9. The van der Waals surface area contributed by atoms with Crippen LogP contribution in [0.25, 0.3) is 11.3 Å². The molecule has 3 nitrogen and oxygen atoms in total. The average molecular weight is 438 g/mol. The van der Waals surface area contributed by atoms with Crippen molar-refractivity contribution in [1.82, 2.24) is 4.98 Å². The van der Waals surface area contributed by atoms with E-state index in [2.05, 4.69) is 31.0 Å². The first kappa shape index (κ1) is 26.1. The highest BCUT2D eigenvalue weighted by Gasteiger charge is 2.06.